The summed E-state index contributed by atoms with van der Waals surface area (Å²) in [6, 6.07) is 0. The van der Waals surface area contributed by atoms with Gasteiger partial charge in [-0.05, 0) is 12.3 Å². The highest BCUT2D eigenvalue weighted by atomic mass is 19.1. The molecule has 13 heavy (non-hydrogen) atoms. The van der Waals surface area contributed by atoms with E-state index in [4.69, 9.17) is 5.73 Å². The molecule has 2 rings (SSSR count). The van der Waals surface area contributed by atoms with Crippen LogP contribution in [0.2, 0.25) is 0 Å². The third kappa shape index (κ3) is 1.66. The van der Waals surface area contributed by atoms with Crippen LogP contribution in [0.25, 0.3) is 0 Å². The van der Waals surface area contributed by atoms with Crippen LogP contribution >= 0.6 is 0 Å². The average Bonchev–Trinajstić information content (AvgIpc) is 2.71. The highest BCUT2D eigenvalue weighted by Gasteiger charge is 2.19. The number of nitrogens with one attached hydrogen (secondary N) is 1. The highest BCUT2D eigenvalue weighted by Crippen LogP contribution is 2.28. The summed E-state index contributed by atoms with van der Waals surface area (Å²) in [4.78, 5) is 0. The zero-order valence-electron chi connectivity index (χ0n) is 7.52. The van der Waals surface area contributed by atoms with E-state index >= 15 is 0 Å². The average molecular weight is 183 g/mol. The molecule has 3 nitrogen and oxygen atoms in total. The van der Waals surface area contributed by atoms with Crippen molar-refractivity contribution < 1.29 is 4.39 Å². The van der Waals surface area contributed by atoms with Crippen LogP contribution in [0.1, 0.15) is 31.4 Å². The molecule has 3 N–H and O–H groups in total. The number of aromatic nitrogens is 2. The smallest absolute Gasteiger partial charge is 0.187 e. The van der Waals surface area contributed by atoms with Crippen molar-refractivity contribution in [2.75, 3.05) is 5.73 Å². The van der Waals surface area contributed by atoms with E-state index in [-0.39, 0.29) is 11.6 Å². The number of H-pyrrole nitrogens is 1. The predicted molar refractivity (Wildman–Crippen MR) is 48.6 cm³/mol. The number of hydrogen-bond donors (Lipinski definition) is 2. The van der Waals surface area contributed by atoms with Crippen LogP contribution in [0, 0.1) is 11.7 Å². The quantitative estimate of drug-likeness (QED) is 0.735. The van der Waals surface area contributed by atoms with Crippen molar-refractivity contribution in [1.29, 1.82) is 0 Å². The van der Waals surface area contributed by atoms with Gasteiger partial charge in [0.05, 0.1) is 5.69 Å². The molecule has 0 saturated heterocycles. The summed E-state index contributed by atoms with van der Waals surface area (Å²) < 4.78 is 13.2. The molecule has 0 spiro atoms. The maximum atomic E-state index is 13.2. The number of halogens is 1. The first-order valence-corrected chi connectivity index (χ1v) is 4.75. The summed E-state index contributed by atoms with van der Waals surface area (Å²) in [5.74, 6) is 0.259. The Bertz CT molecular complexity index is 289. The molecule has 1 aliphatic carbocycles. The first kappa shape index (κ1) is 8.53. The van der Waals surface area contributed by atoms with Gasteiger partial charge in [-0.1, -0.05) is 25.7 Å². The van der Waals surface area contributed by atoms with Gasteiger partial charge >= 0.3 is 0 Å². The van der Waals surface area contributed by atoms with Gasteiger partial charge in [0.1, 0.15) is 0 Å². The van der Waals surface area contributed by atoms with Gasteiger partial charge in [-0.3, -0.25) is 5.10 Å². The van der Waals surface area contributed by atoms with Crippen molar-refractivity contribution in [2.45, 2.75) is 32.1 Å². The molecule has 0 unspecified atom stereocenters. The second-order valence-corrected chi connectivity index (χ2v) is 3.76. The zero-order valence-corrected chi connectivity index (χ0v) is 7.52. The number of nitrogens with two attached hydrogens (primary N) is 1. The zero-order chi connectivity index (χ0) is 9.26. The molecule has 0 atom stereocenters. The van der Waals surface area contributed by atoms with Gasteiger partial charge in [0.15, 0.2) is 11.6 Å². The van der Waals surface area contributed by atoms with Crippen LogP contribution in [-0.4, -0.2) is 10.2 Å². The SMILES string of the molecule is Nc1n[nH]c(CC2CCCC2)c1F. The molecule has 0 amide bonds. The van der Waals surface area contributed by atoms with Gasteiger partial charge in [-0.25, -0.2) is 4.39 Å². The number of aromatic amines is 1. The molecule has 1 aliphatic rings. The first-order valence-electron chi connectivity index (χ1n) is 4.75. The first-order chi connectivity index (χ1) is 6.27. The van der Waals surface area contributed by atoms with Crippen molar-refractivity contribution in [3.8, 4) is 0 Å². The molecule has 0 aliphatic heterocycles. The van der Waals surface area contributed by atoms with E-state index in [1.54, 1.807) is 0 Å². The fourth-order valence-corrected chi connectivity index (χ4v) is 2.02. The van der Waals surface area contributed by atoms with E-state index in [1.807, 2.05) is 0 Å². The number of rotatable bonds is 2. The number of anilines is 1. The number of nitrogen functional groups attached to an aromatic ring is 1. The van der Waals surface area contributed by atoms with E-state index in [1.165, 1.54) is 25.7 Å². The van der Waals surface area contributed by atoms with Crippen molar-refractivity contribution in [1.82, 2.24) is 10.2 Å². The summed E-state index contributed by atoms with van der Waals surface area (Å²) in [5, 5.41) is 6.29. The van der Waals surface area contributed by atoms with Crippen LogP contribution in [0.5, 0.6) is 0 Å². The summed E-state index contributed by atoms with van der Waals surface area (Å²) >= 11 is 0. The molecule has 1 heterocycles. The molecule has 1 saturated carbocycles. The molecule has 0 radical (unpaired) electrons. The van der Waals surface area contributed by atoms with Crippen LogP contribution in [0.15, 0.2) is 0 Å². The third-order valence-electron chi connectivity index (χ3n) is 2.77. The van der Waals surface area contributed by atoms with E-state index in [0.717, 1.165) is 6.42 Å². The second kappa shape index (κ2) is 3.36. The molecule has 1 aromatic heterocycles. The molecule has 72 valence electrons. The van der Waals surface area contributed by atoms with Crippen LogP contribution in [0.3, 0.4) is 0 Å². The molecular weight excluding hydrogens is 169 g/mol. The standard InChI is InChI=1S/C9H14FN3/c10-8-7(12-13-9(8)11)5-6-3-1-2-4-6/h6H,1-5H2,(H3,11,12,13). The van der Waals surface area contributed by atoms with Crippen molar-refractivity contribution >= 4 is 5.82 Å². The monoisotopic (exact) mass is 183 g/mol. The Hall–Kier alpha value is -1.06. The molecule has 0 bridgehead atoms. The maximum Gasteiger partial charge on any atom is 0.187 e. The Kier molecular flexibility index (Phi) is 2.20. The minimum atomic E-state index is -0.355. The summed E-state index contributed by atoms with van der Waals surface area (Å²) in [7, 11) is 0. The fourth-order valence-electron chi connectivity index (χ4n) is 2.02. The normalized spacial score (nSPS) is 18.2. The maximum absolute atomic E-state index is 13.2. The van der Waals surface area contributed by atoms with Gasteiger partial charge in [0, 0.05) is 0 Å². The van der Waals surface area contributed by atoms with Crippen LogP contribution < -0.4 is 5.73 Å². The van der Waals surface area contributed by atoms with Gasteiger partial charge in [-0.2, -0.15) is 5.10 Å². The largest absolute Gasteiger partial charge is 0.380 e. The molecular formula is C9H14FN3. The minimum absolute atomic E-state index is 0.00648. The number of nitrogens with zero attached hydrogens (tertiary/aromatic N) is 1. The van der Waals surface area contributed by atoms with Crippen LogP contribution in [0.4, 0.5) is 10.2 Å². The van der Waals surface area contributed by atoms with E-state index < -0.39 is 0 Å². The molecule has 1 fully saturated rings. The lowest BCUT2D eigenvalue weighted by molar-refractivity contribution is 0.515. The highest BCUT2D eigenvalue weighted by molar-refractivity contribution is 5.31. The predicted octanol–water partition coefficient (Wildman–Crippen LogP) is 1.86. The van der Waals surface area contributed by atoms with Gasteiger partial charge in [-0.15, -0.1) is 0 Å². The Morgan fingerprint density at radius 1 is 1.46 bits per heavy atom. The Morgan fingerprint density at radius 2 is 2.15 bits per heavy atom. The summed E-state index contributed by atoms with van der Waals surface area (Å²) in [6.45, 7) is 0. The Morgan fingerprint density at radius 3 is 2.69 bits per heavy atom. The van der Waals surface area contributed by atoms with E-state index in [9.17, 15) is 4.39 Å². The van der Waals surface area contributed by atoms with Crippen molar-refractivity contribution in [2.24, 2.45) is 5.92 Å². The summed E-state index contributed by atoms with van der Waals surface area (Å²) in [5.41, 5.74) is 5.87. The van der Waals surface area contributed by atoms with E-state index in [2.05, 4.69) is 10.2 Å². The van der Waals surface area contributed by atoms with Gasteiger partial charge in [0.25, 0.3) is 0 Å². The summed E-state index contributed by atoms with van der Waals surface area (Å²) in [6.07, 6.45) is 5.72. The Labute approximate surface area is 76.5 Å². The third-order valence-corrected chi connectivity index (χ3v) is 2.77. The van der Waals surface area contributed by atoms with Gasteiger partial charge in [0.2, 0.25) is 0 Å². The topological polar surface area (TPSA) is 54.7 Å². The fraction of sp³-hybridized carbons (Fsp3) is 0.667. The van der Waals surface area contributed by atoms with E-state index in [0.29, 0.717) is 11.6 Å². The minimum Gasteiger partial charge on any atom is -0.380 e. The Balaban J connectivity index is 2.04. The number of hydrogen-bond acceptors (Lipinski definition) is 2. The second-order valence-electron chi connectivity index (χ2n) is 3.76. The van der Waals surface area contributed by atoms with Crippen molar-refractivity contribution in [3.05, 3.63) is 11.5 Å². The molecule has 4 heteroatoms. The molecule has 1 aromatic rings. The lowest BCUT2D eigenvalue weighted by Gasteiger charge is -2.05. The van der Waals surface area contributed by atoms with Gasteiger partial charge < -0.3 is 5.73 Å². The lowest BCUT2D eigenvalue weighted by atomic mass is 10.0. The van der Waals surface area contributed by atoms with Crippen LogP contribution in [-0.2, 0) is 6.42 Å². The lowest BCUT2D eigenvalue weighted by Crippen LogP contribution is -2.01. The van der Waals surface area contributed by atoms with Crippen molar-refractivity contribution in [3.63, 3.8) is 0 Å². The molecule has 0 aromatic carbocycles.